The number of nitrogens with zero attached hydrogens (tertiary/aromatic N) is 1. The van der Waals surface area contributed by atoms with Crippen LogP contribution in [0.25, 0.3) is 0 Å². The second-order valence-electron chi connectivity index (χ2n) is 5.61. The molecule has 1 aliphatic heterocycles. The second-order valence-corrected chi connectivity index (χ2v) is 5.61. The first-order chi connectivity index (χ1) is 7.24. The Kier molecular flexibility index (Phi) is 3.65. The number of nitrogens with one attached hydrogen (secondary N) is 1. The van der Waals surface area contributed by atoms with Gasteiger partial charge in [0.1, 0.15) is 0 Å². The Balaban J connectivity index is 1.61. The molecular formula is C12H25N3. The lowest BCUT2D eigenvalue weighted by Gasteiger charge is -2.30. The minimum atomic E-state index is 0.487. The van der Waals surface area contributed by atoms with Gasteiger partial charge in [-0.25, -0.2) is 0 Å². The third kappa shape index (κ3) is 3.16. The molecule has 0 amide bonds. The fourth-order valence-corrected chi connectivity index (χ4v) is 2.61. The van der Waals surface area contributed by atoms with Crippen LogP contribution in [0.4, 0.5) is 0 Å². The maximum atomic E-state index is 5.76. The zero-order valence-corrected chi connectivity index (χ0v) is 9.97. The third-order valence-electron chi connectivity index (χ3n) is 4.05. The van der Waals surface area contributed by atoms with E-state index >= 15 is 0 Å². The molecule has 0 spiro atoms. The average Bonchev–Trinajstić information content (AvgIpc) is 2.99. The topological polar surface area (TPSA) is 41.3 Å². The van der Waals surface area contributed by atoms with E-state index in [0.717, 1.165) is 19.0 Å². The van der Waals surface area contributed by atoms with Gasteiger partial charge in [0.2, 0.25) is 0 Å². The SMILES string of the molecule is CN1CCCC(CNCC2(CN)CC2)C1. The molecule has 0 bridgehead atoms. The Hall–Kier alpha value is -0.120. The number of likely N-dealkylation sites (tertiary alicyclic amines) is 1. The van der Waals surface area contributed by atoms with Gasteiger partial charge >= 0.3 is 0 Å². The molecule has 0 aromatic rings. The van der Waals surface area contributed by atoms with Crippen molar-refractivity contribution >= 4 is 0 Å². The molecule has 1 unspecified atom stereocenters. The predicted molar refractivity (Wildman–Crippen MR) is 63.8 cm³/mol. The molecule has 3 heteroatoms. The highest BCUT2D eigenvalue weighted by atomic mass is 15.1. The minimum absolute atomic E-state index is 0.487. The standard InChI is InChI=1S/C12H25N3/c1-15-6-2-3-11(8-15)7-14-10-12(9-13)4-5-12/h11,14H,2-10,13H2,1H3. The smallest absolute Gasteiger partial charge is 0.00200 e. The van der Waals surface area contributed by atoms with E-state index in [0.29, 0.717) is 5.41 Å². The van der Waals surface area contributed by atoms with Gasteiger partial charge in [-0.05, 0) is 63.7 Å². The lowest BCUT2D eigenvalue weighted by molar-refractivity contribution is 0.204. The Morgan fingerprint density at radius 1 is 1.47 bits per heavy atom. The molecule has 1 heterocycles. The van der Waals surface area contributed by atoms with Crippen molar-refractivity contribution in [3.63, 3.8) is 0 Å². The summed E-state index contributed by atoms with van der Waals surface area (Å²) in [5.74, 6) is 0.859. The first-order valence-corrected chi connectivity index (χ1v) is 6.33. The van der Waals surface area contributed by atoms with Gasteiger partial charge in [0.05, 0.1) is 0 Å². The molecule has 2 aliphatic rings. The molecule has 2 fully saturated rings. The van der Waals surface area contributed by atoms with E-state index in [4.69, 9.17) is 5.73 Å². The van der Waals surface area contributed by atoms with Gasteiger partial charge in [0.25, 0.3) is 0 Å². The highest BCUT2D eigenvalue weighted by molar-refractivity contribution is 4.95. The Morgan fingerprint density at radius 2 is 2.27 bits per heavy atom. The van der Waals surface area contributed by atoms with E-state index in [2.05, 4.69) is 17.3 Å². The zero-order chi connectivity index (χ0) is 10.7. The van der Waals surface area contributed by atoms with Crippen molar-refractivity contribution in [2.45, 2.75) is 25.7 Å². The van der Waals surface area contributed by atoms with Crippen molar-refractivity contribution in [3.8, 4) is 0 Å². The van der Waals surface area contributed by atoms with Gasteiger partial charge < -0.3 is 16.0 Å². The molecule has 0 aromatic carbocycles. The van der Waals surface area contributed by atoms with E-state index in [-0.39, 0.29) is 0 Å². The van der Waals surface area contributed by atoms with Crippen LogP contribution in [-0.4, -0.2) is 44.7 Å². The quantitative estimate of drug-likeness (QED) is 0.702. The average molecular weight is 211 g/mol. The molecule has 2 rings (SSSR count). The van der Waals surface area contributed by atoms with Crippen LogP contribution in [0.2, 0.25) is 0 Å². The third-order valence-corrected chi connectivity index (χ3v) is 4.05. The summed E-state index contributed by atoms with van der Waals surface area (Å²) in [7, 11) is 2.23. The summed E-state index contributed by atoms with van der Waals surface area (Å²) in [6, 6.07) is 0. The maximum Gasteiger partial charge on any atom is 0.00200 e. The van der Waals surface area contributed by atoms with Crippen LogP contribution in [0, 0.1) is 11.3 Å². The van der Waals surface area contributed by atoms with Crippen LogP contribution in [-0.2, 0) is 0 Å². The van der Waals surface area contributed by atoms with Crippen LogP contribution in [0.5, 0.6) is 0 Å². The van der Waals surface area contributed by atoms with Gasteiger partial charge in [-0.3, -0.25) is 0 Å². The fourth-order valence-electron chi connectivity index (χ4n) is 2.61. The molecule has 0 radical (unpaired) electrons. The molecule has 1 saturated carbocycles. The zero-order valence-electron chi connectivity index (χ0n) is 9.97. The molecule has 1 atom stereocenters. The molecule has 1 aliphatic carbocycles. The summed E-state index contributed by atoms with van der Waals surface area (Å²) < 4.78 is 0. The van der Waals surface area contributed by atoms with Gasteiger partial charge in [0.15, 0.2) is 0 Å². The van der Waals surface area contributed by atoms with Gasteiger partial charge in [0, 0.05) is 13.1 Å². The van der Waals surface area contributed by atoms with Gasteiger partial charge in [-0.2, -0.15) is 0 Å². The van der Waals surface area contributed by atoms with Crippen molar-refractivity contribution in [2.24, 2.45) is 17.1 Å². The van der Waals surface area contributed by atoms with Crippen LogP contribution in [0.3, 0.4) is 0 Å². The largest absolute Gasteiger partial charge is 0.330 e. The summed E-state index contributed by atoms with van der Waals surface area (Å²) in [5.41, 5.74) is 6.25. The van der Waals surface area contributed by atoms with E-state index < -0.39 is 0 Å². The van der Waals surface area contributed by atoms with E-state index in [1.165, 1.54) is 45.3 Å². The van der Waals surface area contributed by atoms with Crippen LogP contribution in [0.1, 0.15) is 25.7 Å². The van der Waals surface area contributed by atoms with Crippen molar-refractivity contribution in [1.82, 2.24) is 10.2 Å². The molecule has 15 heavy (non-hydrogen) atoms. The van der Waals surface area contributed by atoms with E-state index in [1.54, 1.807) is 0 Å². The molecule has 3 N–H and O–H groups in total. The van der Waals surface area contributed by atoms with Crippen molar-refractivity contribution in [2.75, 3.05) is 39.8 Å². The normalized spacial score (nSPS) is 30.4. The summed E-state index contributed by atoms with van der Waals surface area (Å²) in [4.78, 5) is 2.45. The number of hydrogen-bond acceptors (Lipinski definition) is 3. The van der Waals surface area contributed by atoms with Gasteiger partial charge in [-0.1, -0.05) is 0 Å². The van der Waals surface area contributed by atoms with Crippen LogP contribution in [0.15, 0.2) is 0 Å². The highest BCUT2D eigenvalue weighted by Gasteiger charge is 2.40. The lowest BCUT2D eigenvalue weighted by Crippen LogP contribution is -2.39. The first-order valence-electron chi connectivity index (χ1n) is 6.33. The monoisotopic (exact) mass is 211 g/mol. The molecule has 88 valence electrons. The lowest BCUT2D eigenvalue weighted by atomic mass is 9.98. The second kappa shape index (κ2) is 4.81. The molecular weight excluding hydrogens is 186 g/mol. The highest BCUT2D eigenvalue weighted by Crippen LogP contribution is 2.43. The molecule has 0 aromatic heterocycles. The number of hydrogen-bond donors (Lipinski definition) is 2. The Labute approximate surface area is 93.4 Å². The van der Waals surface area contributed by atoms with Crippen molar-refractivity contribution in [1.29, 1.82) is 0 Å². The number of rotatable bonds is 5. The maximum absolute atomic E-state index is 5.76. The summed E-state index contributed by atoms with van der Waals surface area (Å²) in [6.07, 6.45) is 5.43. The molecule has 3 nitrogen and oxygen atoms in total. The Bertz CT molecular complexity index is 201. The van der Waals surface area contributed by atoms with Crippen molar-refractivity contribution < 1.29 is 0 Å². The van der Waals surface area contributed by atoms with Crippen LogP contribution < -0.4 is 11.1 Å². The van der Waals surface area contributed by atoms with E-state index in [9.17, 15) is 0 Å². The van der Waals surface area contributed by atoms with Crippen molar-refractivity contribution in [3.05, 3.63) is 0 Å². The fraction of sp³-hybridized carbons (Fsp3) is 1.00. The van der Waals surface area contributed by atoms with Gasteiger partial charge in [-0.15, -0.1) is 0 Å². The summed E-state index contributed by atoms with van der Waals surface area (Å²) in [5, 5.41) is 3.62. The summed E-state index contributed by atoms with van der Waals surface area (Å²) >= 11 is 0. The summed E-state index contributed by atoms with van der Waals surface area (Å²) in [6.45, 7) is 5.74. The number of nitrogens with two attached hydrogens (primary N) is 1. The number of piperidine rings is 1. The van der Waals surface area contributed by atoms with E-state index in [1.807, 2.05) is 0 Å². The first kappa shape index (κ1) is 11.4. The Morgan fingerprint density at radius 3 is 2.87 bits per heavy atom. The van der Waals surface area contributed by atoms with Crippen LogP contribution >= 0.6 is 0 Å². The minimum Gasteiger partial charge on any atom is -0.330 e. The molecule has 1 saturated heterocycles. The predicted octanol–water partition coefficient (Wildman–Crippen LogP) is 0.657.